The highest BCUT2D eigenvalue weighted by atomic mass is 35.5. The summed E-state index contributed by atoms with van der Waals surface area (Å²) in [6.45, 7) is 1.31. The van der Waals surface area contributed by atoms with E-state index in [4.69, 9.17) is 16.7 Å². The van der Waals surface area contributed by atoms with E-state index in [-0.39, 0.29) is 17.0 Å². The summed E-state index contributed by atoms with van der Waals surface area (Å²) in [6.07, 6.45) is 0. The smallest absolute Gasteiger partial charge is 0.338 e. The van der Waals surface area contributed by atoms with Crippen LogP contribution >= 0.6 is 11.6 Å². The second-order valence-electron chi connectivity index (χ2n) is 3.40. The van der Waals surface area contributed by atoms with Crippen molar-refractivity contribution in [1.82, 2.24) is 4.98 Å². The van der Waals surface area contributed by atoms with Gasteiger partial charge in [-0.25, -0.2) is 4.79 Å². The number of aromatic carboxylic acids is 1. The number of carbonyl (C=O) groups is 2. The summed E-state index contributed by atoms with van der Waals surface area (Å²) in [5.74, 6) is -1.47. The molecule has 0 atom stereocenters. The van der Waals surface area contributed by atoms with Crippen LogP contribution in [0.25, 0.3) is 10.9 Å². The van der Waals surface area contributed by atoms with Gasteiger partial charge in [0.2, 0.25) is 0 Å². The number of carboxylic acid groups (broad SMARTS) is 1. The first-order valence-electron chi connectivity index (χ1n) is 4.56. The van der Waals surface area contributed by atoms with Crippen LogP contribution in [-0.4, -0.2) is 21.8 Å². The average molecular weight is 238 g/mol. The van der Waals surface area contributed by atoms with Crippen LogP contribution in [0.2, 0.25) is 5.02 Å². The molecule has 2 rings (SSSR count). The largest absolute Gasteiger partial charge is 0.478 e. The molecule has 0 radical (unpaired) electrons. The van der Waals surface area contributed by atoms with Crippen molar-refractivity contribution in [2.75, 3.05) is 0 Å². The van der Waals surface area contributed by atoms with Crippen molar-refractivity contribution in [2.45, 2.75) is 6.92 Å². The maximum Gasteiger partial charge on any atom is 0.338 e. The molecular weight excluding hydrogens is 230 g/mol. The lowest BCUT2D eigenvalue weighted by atomic mass is 10.1. The highest BCUT2D eigenvalue weighted by Gasteiger charge is 2.21. The quantitative estimate of drug-likeness (QED) is 0.789. The number of benzene rings is 1. The zero-order chi connectivity index (χ0) is 11.9. The Morgan fingerprint density at radius 2 is 2.06 bits per heavy atom. The Bertz CT molecular complexity index is 601. The topological polar surface area (TPSA) is 70.2 Å². The van der Waals surface area contributed by atoms with Crippen molar-refractivity contribution in [3.8, 4) is 0 Å². The number of aromatic nitrogens is 1. The summed E-state index contributed by atoms with van der Waals surface area (Å²) >= 11 is 5.92. The van der Waals surface area contributed by atoms with Crippen LogP contribution < -0.4 is 0 Å². The van der Waals surface area contributed by atoms with Gasteiger partial charge in [-0.1, -0.05) is 23.7 Å². The third kappa shape index (κ3) is 1.47. The zero-order valence-corrected chi connectivity index (χ0v) is 9.13. The Hall–Kier alpha value is -1.81. The monoisotopic (exact) mass is 237 g/mol. The van der Waals surface area contributed by atoms with E-state index in [1.165, 1.54) is 6.92 Å². The maximum atomic E-state index is 11.3. The fourth-order valence-electron chi connectivity index (χ4n) is 1.67. The average Bonchev–Trinajstić information content (AvgIpc) is 2.58. The number of ketones is 1. The summed E-state index contributed by atoms with van der Waals surface area (Å²) < 4.78 is 0. The number of para-hydroxylation sites is 1. The number of fused-ring (bicyclic) bond motifs is 1. The summed E-state index contributed by atoms with van der Waals surface area (Å²) in [4.78, 5) is 25.2. The molecular formula is C11H8ClNO3. The molecule has 0 unspecified atom stereocenters. The van der Waals surface area contributed by atoms with Gasteiger partial charge in [0.25, 0.3) is 0 Å². The molecule has 2 N–H and O–H groups in total. The lowest BCUT2D eigenvalue weighted by Gasteiger charge is -1.94. The highest BCUT2D eigenvalue weighted by molar-refractivity contribution is 6.36. The van der Waals surface area contributed by atoms with Crippen LogP contribution in [0, 0.1) is 0 Å². The number of aromatic amines is 1. The van der Waals surface area contributed by atoms with E-state index in [1.807, 2.05) is 0 Å². The standard InChI is InChI=1S/C11H8ClNO3/c1-5(14)9-8(11(15)16)6-3-2-4-7(12)10(6)13-9/h2-4,13H,1H3,(H,15,16). The number of hydrogen-bond donors (Lipinski definition) is 2. The Labute approximate surface area is 95.8 Å². The lowest BCUT2D eigenvalue weighted by Crippen LogP contribution is -2.04. The molecule has 0 spiro atoms. The fraction of sp³-hybridized carbons (Fsp3) is 0.0909. The molecule has 0 fully saturated rings. The number of halogens is 1. The van der Waals surface area contributed by atoms with Gasteiger partial charge in [-0.15, -0.1) is 0 Å². The third-order valence-electron chi connectivity index (χ3n) is 2.35. The Kier molecular flexibility index (Phi) is 2.44. The van der Waals surface area contributed by atoms with E-state index in [9.17, 15) is 9.59 Å². The van der Waals surface area contributed by atoms with Crippen LogP contribution in [0.4, 0.5) is 0 Å². The molecule has 1 heterocycles. The summed E-state index contributed by atoms with van der Waals surface area (Å²) in [7, 11) is 0. The molecule has 0 aliphatic carbocycles. The van der Waals surface area contributed by atoms with E-state index in [1.54, 1.807) is 18.2 Å². The number of carboxylic acids is 1. The molecule has 0 amide bonds. The molecule has 4 nitrogen and oxygen atoms in total. The van der Waals surface area contributed by atoms with Crippen LogP contribution in [0.5, 0.6) is 0 Å². The van der Waals surface area contributed by atoms with E-state index in [2.05, 4.69) is 4.98 Å². The van der Waals surface area contributed by atoms with Crippen molar-refractivity contribution in [3.63, 3.8) is 0 Å². The molecule has 82 valence electrons. The van der Waals surface area contributed by atoms with E-state index in [0.29, 0.717) is 15.9 Å². The number of nitrogens with one attached hydrogen (secondary N) is 1. The van der Waals surface area contributed by atoms with Crippen LogP contribution in [-0.2, 0) is 0 Å². The number of rotatable bonds is 2. The predicted molar refractivity (Wildman–Crippen MR) is 60.3 cm³/mol. The predicted octanol–water partition coefficient (Wildman–Crippen LogP) is 2.72. The highest BCUT2D eigenvalue weighted by Crippen LogP contribution is 2.28. The first-order chi connectivity index (χ1) is 7.52. The lowest BCUT2D eigenvalue weighted by molar-refractivity contribution is 0.0694. The van der Waals surface area contributed by atoms with Crippen LogP contribution in [0.15, 0.2) is 18.2 Å². The molecule has 0 aliphatic heterocycles. The van der Waals surface area contributed by atoms with Crippen LogP contribution in [0.3, 0.4) is 0 Å². The van der Waals surface area contributed by atoms with E-state index >= 15 is 0 Å². The molecule has 0 saturated carbocycles. The minimum absolute atomic E-state index is 0.0231. The molecule has 16 heavy (non-hydrogen) atoms. The number of carbonyl (C=O) groups excluding carboxylic acids is 1. The Balaban J connectivity index is 2.92. The van der Waals surface area contributed by atoms with Crippen molar-refractivity contribution in [3.05, 3.63) is 34.5 Å². The SMILES string of the molecule is CC(=O)c1[nH]c2c(Cl)cccc2c1C(=O)O. The summed E-state index contributed by atoms with van der Waals surface area (Å²) in [5, 5.41) is 9.92. The van der Waals surface area contributed by atoms with Gasteiger partial charge in [0.05, 0.1) is 21.8 Å². The second kappa shape index (κ2) is 3.64. The zero-order valence-electron chi connectivity index (χ0n) is 8.37. The molecule has 5 heteroatoms. The van der Waals surface area contributed by atoms with Gasteiger partial charge in [-0.2, -0.15) is 0 Å². The van der Waals surface area contributed by atoms with E-state index < -0.39 is 5.97 Å². The number of hydrogen-bond acceptors (Lipinski definition) is 2. The molecule has 0 aliphatic rings. The van der Waals surface area contributed by atoms with Gasteiger partial charge in [-0.3, -0.25) is 4.79 Å². The normalized spacial score (nSPS) is 10.6. The Morgan fingerprint density at radius 3 is 2.62 bits per heavy atom. The van der Waals surface area contributed by atoms with Gasteiger partial charge in [-0.05, 0) is 6.07 Å². The molecule has 0 saturated heterocycles. The first-order valence-corrected chi connectivity index (χ1v) is 4.94. The molecule has 0 bridgehead atoms. The van der Waals surface area contributed by atoms with Gasteiger partial charge < -0.3 is 10.1 Å². The van der Waals surface area contributed by atoms with E-state index in [0.717, 1.165) is 0 Å². The van der Waals surface area contributed by atoms with Gasteiger partial charge in [0.1, 0.15) is 0 Å². The Morgan fingerprint density at radius 1 is 1.38 bits per heavy atom. The summed E-state index contributed by atoms with van der Waals surface area (Å²) in [5.41, 5.74) is 0.535. The van der Waals surface area contributed by atoms with Gasteiger partial charge in [0, 0.05) is 12.3 Å². The fourth-order valence-corrected chi connectivity index (χ4v) is 1.89. The molecule has 1 aromatic carbocycles. The number of Topliss-reactive ketones (excluding diaryl/α,β-unsaturated/α-hetero) is 1. The van der Waals surface area contributed by atoms with Crippen molar-refractivity contribution in [2.24, 2.45) is 0 Å². The summed E-state index contributed by atoms with van der Waals surface area (Å²) in [6, 6.07) is 4.90. The van der Waals surface area contributed by atoms with Crippen molar-refractivity contribution >= 4 is 34.3 Å². The molecule has 1 aromatic heterocycles. The second-order valence-corrected chi connectivity index (χ2v) is 3.81. The van der Waals surface area contributed by atoms with Crippen molar-refractivity contribution in [1.29, 1.82) is 0 Å². The first kappa shape index (κ1) is 10.7. The molecule has 2 aromatic rings. The maximum absolute atomic E-state index is 11.3. The van der Waals surface area contributed by atoms with Gasteiger partial charge >= 0.3 is 5.97 Å². The minimum atomic E-state index is -1.14. The van der Waals surface area contributed by atoms with Crippen LogP contribution in [0.1, 0.15) is 27.8 Å². The minimum Gasteiger partial charge on any atom is -0.478 e. The van der Waals surface area contributed by atoms with Crippen molar-refractivity contribution < 1.29 is 14.7 Å². The van der Waals surface area contributed by atoms with Gasteiger partial charge in [0.15, 0.2) is 5.78 Å². The third-order valence-corrected chi connectivity index (χ3v) is 2.66. The number of H-pyrrole nitrogens is 1.